The van der Waals surface area contributed by atoms with Crippen molar-refractivity contribution in [3.63, 3.8) is 0 Å². The molecule has 1 aliphatic heterocycles. The molecule has 0 bridgehead atoms. The van der Waals surface area contributed by atoms with Gasteiger partial charge in [0.25, 0.3) is 5.78 Å². The Kier molecular flexibility index (Phi) is 6.12. The highest BCUT2D eigenvalue weighted by molar-refractivity contribution is 7.99. The van der Waals surface area contributed by atoms with Crippen molar-refractivity contribution in [2.45, 2.75) is 34.4 Å². The van der Waals surface area contributed by atoms with Crippen molar-refractivity contribution in [1.82, 2.24) is 0 Å². The van der Waals surface area contributed by atoms with E-state index in [1.165, 1.54) is 36.0 Å². The SMILES string of the molecule is COC1(c2cc(F)cc(Sc3ccc(C(=O)C(F)(F)F)cc3)c2)CCOCC1. The number of rotatable bonds is 5. The van der Waals surface area contributed by atoms with E-state index < -0.39 is 28.9 Å². The number of alkyl halides is 3. The third kappa shape index (κ3) is 4.56. The van der Waals surface area contributed by atoms with Gasteiger partial charge in [-0.15, -0.1) is 0 Å². The van der Waals surface area contributed by atoms with Gasteiger partial charge in [0.15, 0.2) is 0 Å². The molecule has 0 N–H and O–H groups in total. The van der Waals surface area contributed by atoms with Gasteiger partial charge in [0, 0.05) is 48.5 Å². The van der Waals surface area contributed by atoms with E-state index >= 15 is 0 Å². The van der Waals surface area contributed by atoms with E-state index in [9.17, 15) is 22.4 Å². The number of hydrogen-bond donors (Lipinski definition) is 0. The lowest BCUT2D eigenvalue weighted by atomic mass is 9.86. The number of halogens is 4. The summed E-state index contributed by atoms with van der Waals surface area (Å²) in [5, 5.41) is 0. The zero-order valence-corrected chi connectivity index (χ0v) is 15.8. The molecule has 0 spiro atoms. The van der Waals surface area contributed by atoms with Crippen molar-refractivity contribution in [3.8, 4) is 0 Å². The topological polar surface area (TPSA) is 35.5 Å². The summed E-state index contributed by atoms with van der Waals surface area (Å²) in [6.45, 7) is 1.03. The fraction of sp³-hybridized carbons (Fsp3) is 0.350. The van der Waals surface area contributed by atoms with Gasteiger partial charge in [-0.25, -0.2) is 4.39 Å². The van der Waals surface area contributed by atoms with Crippen LogP contribution >= 0.6 is 11.8 Å². The van der Waals surface area contributed by atoms with Crippen LogP contribution in [0, 0.1) is 5.82 Å². The van der Waals surface area contributed by atoms with Gasteiger partial charge in [0.05, 0.1) is 5.60 Å². The van der Waals surface area contributed by atoms with Gasteiger partial charge in [-0.2, -0.15) is 13.2 Å². The summed E-state index contributed by atoms with van der Waals surface area (Å²) < 4.78 is 62.8. The Balaban J connectivity index is 1.83. The Morgan fingerprint density at radius 2 is 1.71 bits per heavy atom. The zero-order chi connectivity index (χ0) is 20.4. The molecule has 28 heavy (non-hydrogen) atoms. The fourth-order valence-electron chi connectivity index (χ4n) is 3.17. The molecule has 8 heteroatoms. The summed E-state index contributed by atoms with van der Waals surface area (Å²) in [5.74, 6) is -2.31. The first-order valence-electron chi connectivity index (χ1n) is 8.57. The Labute approximate surface area is 164 Å². The molecule has 1 aliphatic rings. The van der Waals surface area contributed by atoms with E-state index in [-0.39, 0.29) is 0 Å². The van der Waals surface area contributed by atoms with Crippen LogP contribution < -0.4 is 0 Å². The summed E-state index contributed by atoms with van der Waals surface area (Å²) in [5.41, 5.74) is -0.361. The van der Waals surface area contributed by atoms with E-state index in [0.29, 0.717) is 41.4 Å². The third-order valence-corrected chi connectivity index (χ3v) is 5.68. The number of Topliss-reactive ketones (excluding diaryl/α,β-unsaturated/α-hetero) is 1. The molecular formula is C20H18F4O3S. The zero-order valence-electron chi connectivity index (χ0n) is 15.0. The van der Waals surface area contributed by atoms with E-state index in [2.05, 4.69) is 0 Å². The van der Waals surface area contributed by atoms with Crippen molar-refractivity contribution >= 4 is 17.5 Å². The summed E-state index contributed by atoms with van der Waals surface area (Å²) in [6.07, 6.45) is -3.71. The Morgan fingerprint density at radius 3 is 2.29 bits per heavy atom. The van der Waals surface area contributed by atoms with Gasteiger partial charge in [-0.1, -0.05) is 11.8 Å². The number of ketones is 1. The molecule has 150 valence electrons. The summed E-state index contributed by atoms with van der Waals surface area (Å²) >= 11 is 1.20. The normalized spacial score (nSPS) is 16.8. The second-order valence-electron chi connectivity index (χ2n) is 6.44. The molecule has 0 saturated carbocycles. The smallest absolute Gasteiger partial charge is 0.381 e. The summed E-state index contributed by atoms with van der Waals surface area (Å²) in [4.78, 5) is 12.4. The molecule has 3 nitrogen and oxygen atoms in total. The van der Waals surface area contributed by atoms with Crippen molar-refractivity contribution in [1.29, 1.82) is 0 Å². The molecule has 0 aliphatic carbocycles. The number of carbonyl (C=O) groups is 1. The van der Waals surface area contributed by atoms with Crippen LogP contribution in [0.25, 0.3) is 0 Å². The molecule has 0 aromatic heterocycles. The van der Waals surface area contributed by atoms with Crippen LogP contribution in [0.4, 0.5) is 17.6 Å². The molecule has 0 unspecified atom stereocenters. The monoisotopic (exact) mass is 414 g/mol. The van der Waals surface area contributed by atoms with Gasteiger partial charge in [-0.3, -0.25) is 4.79 Å². The molecule has 1 saturated heterocycles. The second-order valence-corrected chi connectivity index (χ2v) is 7.59. The maximum absolute atomic E-state index is 14.2. The Hall–Kier alpha value is -1.90. The van der Waals surface area contributed by atoms with Crippen molar-refractivity contribution in [3.05, 3.63) is 59.4 Å². The molecule has 0 radical (unpaired) electrons. The number of carbonyl (C=O) groups excluding carboxylic acids is 1. The Bertz CT molecular complexity index is 844. The lowest BCUT2D eigenvalue weighted by Crippen LogP contribution is -2.35. The molecule has 1 fully saturated rings. The number of ether oxygens (including phenoxy) is 2. The predicted octanol–water partition coefficient (Wildman–Crippen LogP) is 5.37. The predicted molar refractivity (Wildman–Crippen MR) is 96.1 cm³/mol. The molecule has 2 aromatic rings. The van der Waals surface area contributed by atoms with Crippen LogP contribution in [0.5, 0.6) is 0 Å². The van der Waals surface area contributed by atoms with Gasteiger partial charge in [-0.05, 0) is 48.0 Å². The minimum atomic E-state index is -4.91. The molecule has 1 heterocycles. The van der Waals surface area contributed by atoms with Crippen molar-refractivity contribution in [2.75, 3.05) is 20.3 Å². The first-order valence-corrected chi connectivity index (χ1v) is 9.39. The average molecular weight is 414 g/mol. The van der Waals surface area contributed by atoms with Crippen LogP contribution in [0.1, 0.15) is 28.8 Å². The molecular weight excluding hydrogens is 396 g/mol. The first kappa shape index (κ1) is 20.8. The van der Waals surface area contributed by atoms with Crippen molar-refractivity contribution in [2.24, 2.45) is 0 Å². The lowest BCUT2D eigenvalue weighted by Gasteiger charge is -2.36. The first-order chi connectivity index (χ1) is 13.2. The van der Waals surface area contributed by atoms with E-state index in [1.54, 1.807) is 7.11 Å². The molecule has 3 rings (SSSR count). The number of hydrogen-bond acceptors (Lipinski definition) is 4. The second kappa shape index (κ2) is 8.23. The van der Waals surface area contributed by atoms with E-state index in [0.717, 1.165) is 12.1 Å². The van der Waals surface area contributed by atoms with Crippen LogP contribution in [0.2, 0.25) is 0 Å². The lowest BCUT2D eigenvalue weighted by molar-refractivity contribution is -0.0950. The number of benzene rings is 2. The summed E-state index contributed by atoms with van der Waals surface area (Å²) in [6, 6.07) is 9.66. The van der Waals surface area contributed by atoms with Gasteiger partial charge in [0.2, 0.25) is 0 Å². The highest BCUT2D eigenvalue weighted by atomic mass is 32.2. The standard InChI is InChI=1S/C20H18F4O3S/c1-26-19(6-8-27-9-7-19)14-10-15(21)12-17(11-14)28-16-4-2-13(3-5-16)18(25)20(22,23)24/h2-5,10-12H,6-9H2,1H3. The van der Waals surface area contributed by atoms with E-state index in [4.69, 9.17) is 9.47 Å². The maximum Gasteiger partial charge on any atom is 0.454 e. The maximum atomic E-state index is 14.2. The highest BCUT2D eigenvalue weighted by Crippen LogP contribution is 2.39. The molecule has 0 atom stereocenters. The number of methoxy groups -OCH3 is 1. The van der Waals surface area contributed by atoms with Gasteiger partial charge in [0.1, 0.15) is 5.82 Å². The third-order valence-electron chi connectivity index (χ3n) is 4.70. The van der Waals surface area contributed by atoms with Crippen LogP contribution in [-0.2, 0) is 15.1 Å². The van der Waals surface area contributed by atoms with Crippen LogP contribution in [0.15, 0.2) is 52.3 Å². The van der Waals surface area contributed by atoms with Crippen molar-refractivity contribution < 1.29 is 31.8 Å². The minimum Gasteiger partial charge on any atom is -0.381 e. The van der Waals surface area contributed by atoms with Gasteiger partial charge < -0.3 is 9.47 Å². The largest absolute Gasteiger partial charge is 0.454 e. The van der Waals surface area contributed by atoms with Crippen LogP contribution in [0.3, 0.4) is 0 Å². The van der Waals surface area contributed by atoms with E-state index in [1.807, 2.05) is 6.07 Å². The quantitative estimate of drug-likeness (QED) is 0.487. The van der Waals surface area contributed by atoms with Crippen LogP contribution in [-0.4, -0.2) is 32.3 Å². The van der Waals surface area contributed by atoms with Gasteiger partial charge >= 0.3 is 6.18 Å². The summed E-state index contributed by atoms with van der Waals surface area (Å²) in [7, 11) is 1.58. The molecule has 2 aromatic carbocycles. The minimum absolute atomic E-state index is 0.424. The highest BCUT2D eigenvalue weighted by Gasteiger charge is 2.39. The fourth-order valence-corrected chi connectivity index (χ4v) is 4.07. The molecule has 0 amide bonds. The average Bonchev–Trinajstić information content (AvgIpc) is 2.67. The Morgan fingerprint density at radius 1 is 1.07 bits per heavy atom.